The quantitative estimate of drug-likeness (QED) is 0.712. The normalized spacial score (nSPS) is 16.8. The van der Waals surface area contributed by atoms with Gasteiger partial charge in [0.25, 0.3) is 0 Å². The summed E-state index contributed by atoms with van der Waals surface area (Å²) in [6.07, 6.45) is 9.55. The first-order valence-corrected chi connectivity index (χ1v) is 7.64. The van der Waals surface area contributed by atoms with Crippen molar-refractivity contribution < 1.29 is 4.79 Å². The molecule has 0 aromatic carbocycles. The molecule has 1 saturated carbocycles. The van der Waals surface area contributed by atoms with Gasteiger partial charge in [0.05, 0.1) is 0 Å². The van der Waals surface area contributed by atoms with Crippen LogP contribution in [-0.4, -0.2) is 18.6 Å². The zero-order chi connectivity index (χ0) is 13.4. The molecule has 0 atom stereocenters. The zero-order valence-electron chi connectivity index (χ0n) is 12.3. The molecule has 0 aromatic rings. The van der Waals surface area contributed by atoms with Gasteiger partial charge in [0.1, 0.15) is 0 Å². The highest BCUT2D eigenvalue weighted by Crippen LogP contribution is 2.28. The molecule has 3 nitrogen and oxygen atoms in total. The first-order chi connectivity index (χ1) is 8.59. The van der Waals surface area contributed by atoms with Gasteiger partial charge in [-0.1, -0.05) is 46.5 Å². The first kappa shape index (κ1) is 15.3. The maximum Gasteiger partial charge on any atom is 0.315 e. The lowest BCUT2D eigenvalue weighted by Gasteiger charge is -2.29. The van der Waals surface area contributed by atoms with Gasteiger partial charge in [-0.2, -0.15) is 0 Å². The molecule has 1 fully saturated rings. The molecule has 3 heteroatoms. The highest BCUT2D eigenvalue weighted by Gasteiger charge is 2.24. The molecule has 0 bridgehead atoms. The van der Waals surface area contributed by atoms with Crippen LogP contribution in [0.3, 0.4) is 0 Å². The number of hydrogen-bond donors (Lipinski definition) is 2. The number of carbonyl (C=O) groups excluding carboxylic acids is 1. The largest absolute Gasteiger partial charge is 0.338 e. The van der Waals surface area contributed by atoms with Crippen molar-refractivity contribution in [2.75, 3.05) is 6.54 Å². The Bertz CT molecular complexity index is 241. The molecule has 1 aliphatic rings. The zero-order valence-corrected chi connectivity index (χ0v) is 12.3. The van der Waals surface area contributed by atoms with Gasteiger partial charge in [-0.25, -0.2) is 4.79 Å². The van der Waals surface area contributed by atoms with E-state index in [1.807, 2.05) is 0 Å². The van der Waals surface area contributed by atoms with Gasteiger partial charge in [-0.3, -0.25) is 0 Å². The minimum Gasteiger partial charge on any atom is -0.338 e. The van der Waals surface area contributed by atoms with Gasteiger partial charge >= 0.3 is 6.03 Å². The molecule has 1 rings (SSSR count). The van der Waals surface area contributed by atoms with Crippen molar-refractivity contribution in [3.8, 4) is 0 Å². The maximum absolute atomic E-state index is 11.8. The third kappa shape index (κ3) is 5.28. The minimum atomic E-state index is 0.0281. The average Bonchev–Trinajstić information content (AvgIpc) is 2.80. The summed E-state index contributed by atoms with van der Waals surface area (Å²) < 4.78 is 0. The van der Waals surface area contributed by atoms with Crippen LogP contribution in [0.15, 0.2) is 0 Å². The summed E-state index contributed by atoms with van der Waals surface area (Å²) in [6, 6.07) is 0.439. The van der Waals surface area contributed by atoms with Crippen LogP contribution in [-0.2, 0) is 0 Å². The lowest BCUT2D eigenvalue weighted by Crippen LogP contribution is -2.44. The third-order valence-electron chi connectivity index (χ3n) is 4.07. The number of urea groups is 1. The highest BCUT2D eigenvalue weighted by atomic mass is 16.2. The molecule has 0 aliphatic heterocycles. The Hall–Kier alpha value is -0.730. The van der Waals surface area contributed by atoms with Gasteiger partial charge in [0.2, 0.25) is 0 Å². The fraction of sp³-hybridized carbons (Fsp3) is 0.933. The first-order valence-electron chi connectivity index (χ1n) is 7.64. The predicted molar refractivity (Wildman–Crippen MR) is 76.7 cm³/mol. The van der Waals surface area contributed by atoms with Crippen molar-refractivity contribution in [1.82, 2.24) is 10.6 Å². The molecule has 2 amide bonds. The number of carbonyl (C=O) groups is 1. The molecule has 1 aliphatic carbocycles. The van der Waals surface area contributed by atoms with Crippen molar-refractivity contribution in [2.45, 2.75) is 78.2 Å². The Kier molecular flexibility index (Phi) is 6.51. The Morgan fingerprint density at radius 1 is 1.17 bits per heavy atom. The van der Waals surface area contributed by atoms with Crippen LogP contribution in [0.5, 0.6) is 0 Å². The summed E-state index contributed by atoms with van der Waals surface area (Å²) in [6.45, 7) is 7.52. The topological polar surface area (TPSA) is 41.1 Å². The molecular formula is C15H30N2O. The Morgan fingerprint density at radius 2 is 1.72 bits per heavy atom. The van der Waals surface area contributed by atoms with Crippen LogP contribution in [0.1, 0.15) is 72.1 Å². The van der Waals surface area contributed by atoms with E-state index < -0.39 is 0 Å². The van der Waals surface area contributed by atoms with Gasteiger partial charge in [-0.15, -0.1) is 0 Å². The van der Waals surface area contributed by atoms with Crippen LogP contribution in [0, 0.1) is 5.41 Å². The van der Waals surface area contributed by atoms with Crippen LogP contribution in [0.2, 0.25) is 0 Å². The van der Waals surface area contributed by atoms with Crippen molar-refractivity contribution in [2.24, 2.45) is 5.41 Å². The maximum atomic E-state index is 11.8. The summed E-state index contributed by atoms with van der Waals surface area (Å²) in [7, 11) is 0. The predicted octanol–water partition coefficient (Wildman–Crippen LogP) is 3.83. The Labute approximate surface area is 112 Å². The molecule has 18 heavy (non-hydrogen) atoms. The van der Waals surface area contributed by atoms with E-state index in [2.05, 4.69) is 31.4 Å². The second-order valence-electron chi connectivity index (χ2n) is 6.12. The molecule has 106 valence electrons. The third-order valence-corrected chi connectivity index (χ3v) is 4.07. The standard InChI is InChI=1S/C15H30N2O/c1-4-10-15(3,11-5-2)12-16-14(18)17-13-8-6-7-9-13/h13H,4-12H2,1-3H3,(H2,16,17,18). The van der Waals surface area contributed by atoms with Gasteiger partial charge in [0.15, 0.2) is 0 Å². The molecule has 0 unspecified atom stereocenters. The van der Waals surface area contributed by atoms with Crippen molar-refractivity contribution >= 4 is 6.03 Å². The molecule has 0 spiro atoms. The van der Waals surface area contributed by atoms with Crippen LogP contribution < -0.4 is 10.6 Å². The molecular weight excluding hydrogens is 224 g/mol. The van der Waals surface area contributed by atoms with E-state index in [1.165, 1.54) is 38.5 Å². The van der Waals surface area contributed by atoms with Crippen LogP contribution in [0.25, 0.3) is 0 Å². The fourth-order valence-corrected chi connectivity index (χ4v) is 3.11. The van der Waals surface area contributed by atoms with Crippen molar-refractivity contribution in [3.05, 3.63) is 0 Å². The Balaban J connectivity index is 2.29. The molecule has 0 saturated heterocycles. The average molecular weight is 254 g/mol. The summed E-state index contributed by atoms with van der Waals surface area (Å²) in [5, 5.41) is 6.16. The second kappa shape index (κ2) is 7.65. The minimum absolute atomic E-state index is 0.0281. The number of nitrogens with one attached hydrogen (secondary N) is 2. The van der Waals surface area contributed by atoms with Crippen molar-refractivity contribution in [3.63, 3.8) is 0 Å². The van der Waals surface area contributed by atoms with E-state index in [1.54, 1.807) is 0 Å². The summed E-state index contributed by atoms with van der Waals surface area (Å²) >= 11 is 0. The fourth-order valence-electron chi connectivity index (χ4n) is 3.11. The number of amides is 2. The molecule has 0 heterocycles. The monoisotopic (exact) mass is 254 g/mol. The van der Waals surface area contributed by atoms with Crippen molar-refractivity contribution in [1.29, 1.82) is 0 Å². The smallest absolute Gasteiger partial charge is 0.315 e. The lowest BCUT2D eigenvalue weighted by molar-refractivity contribution is 0.218. The lowest BCUT2D eigenvalue weighted by atomic mass is 9.81. The van der Waals surface area contributed by atoms with Crippen LogP contribution >= 0.6 is 0 Å². The number of rotatable bonds is 7. The van der Waals surface area contributed by atoms with E-state index in [9.17, 15) is 4.79 Å². The van der Waals surface area contributed by atoms with Gasteiger partial charge < -0.3 is 10.6 Å². The Morgan fingerprint density at radius 3 is 2.22 bits per heavy atom. The summed E-state index contributed by atoms with van der Waals surface area (Å²) in [5.74, 6) is 0. The second-order valence-corrected chi connectivity index (χ2v) is 6.12. The van der Waals surface area contributed by atoms with E-state index >= 15 is 0 Å². The van der Waals surface area contributed by atoms with E-state index in [4.69, 9.17) is 0 Å². The molecule has 0 aromatic heterocycles. The molecule has 0 radical (unpaired) electrons. The summed E-state index contributed by atoms with van der Waals surface area (Å²) in [4.78, 5) is 11.8. The van der Waals surface area contributed by atoms with Gasteiger partial charge in [-0.05, 0) is 31.1 Å². The molecule has 2 N–H and O–H groups in total. The van der Waals surface area contributed by atoms with E-state index in [0.29, 0.717) is 6.04 Å². The van der Waals surface area contributed by atoms with Crippen LogP contribution in [0.4, 0.5) is 4.79 Å². The van der Waals surface area contributed by atoms with E-state index in [-0.39, 0.29) is 11.4 Å². The SMILES string of the molecule is CCCC(C)(CCC)CNC(=O)NC1CCCC1. The number of hydrogen-bond acceptors (Lipinski definition) is 1. The highest BCUT2D eigenvalue weighted by molar-refractivity contribution is 5.74. The summed E-state index contributed by atoms with van der Waals surface area (Å²) in [5.41, 5.74) is 0.260. The van der Waals surface area contributed by atoms with Gasteiger partial charge in [0, 0.05) is 12.6 Å². The van der Waals surface area contributed by atoms with E-state index in [0.717, 1.165) is 19.4 Å².